The summed E-state index contributed by atoms with van der Waals surface area (Å²) >= 11 is 0. The van der Waals surface area contributed by atoms with Crippen molar-refractivity contribution in [1.29, 1.82) is 0 Å². The molecule has 0 amide bonds. The first-order valence-electron chi connectivity index (χ1n) is 7.53. The Morgan fingerprint density at radius 3 is 2.60 bits per heavy atom. The molecule has 0 aliphatic heterocycles. The topological polar surface area (TPSA) is 59.1 Å². The molecule has 20 heavy (non-hydrogen) atoms. The number of hydrogen-bond acceptors (Lipinski definition) is 5. The summed E-state index contributed by atoms with van der Waals surface area (Å²) in [5, 5.41) is 6.36. The van der Waals surface area contributed by atoms with E-state index in [1.165, 1.54) is 0 Å². The summed E-state index contributed by atoms with van der Waals surface area (Å²) in [6.07, 6.45) is 3.05. The molecule has 0 aliphatic carbocycles. The predicted molar refractivity (Wildman–Crippen MR) is 84.3 cm³/mol. The predicted octanol–water partition coefficient (Wildman–Crippen LogP) is 2.95. The summed E-state index contributed by atoms with van der Waals surface area (Å²) in [6.45, 7) is 8.84. The Labute approximate surface area is 122 Å². The molecule has 0 atom stereocenters. The molecular formula is C15H28N4O. The van der Waals surface area contributed by atoms with Crippen molar-refractivity contribution in [3.05, 3.63) is 11.9 Å². The van der Waals surface area contributed by atoms with E-state index in [-0.39, 0.29) is 0 Å². The van der Waals surface area contributed by atoms with Crippen molar-refractivity contribution in [1.82, 2.24) is 9.97 Å². The van der Waals surface area contributed by atoms with Crippen molar-refractivity contribution in [3.63, 3.8) is 0 Å². The maximum Gasteiger partial charge on any atom is 0.133 e. The minimum Gasteiger partial charge on any atom is -0.380 e. The fourth-order valence-corrected chi connectivity index (χ4v) is 1.72. The number of rotatable bonds is 10. The van der Waals surface area contributed by atoms with E-state index in [1.807, 2.05) is 13.1 Å². The molecule has 5 heteroatoms. The molecule has 0 bridgehead atoms. The van der Waals surface area contributed by atoms with E-state index >= 15 is 0 Å². The van der Waals surface area contributed by atoms with Crippen LogP contribution in [-0.4, -0.2) is 36.8 Å². The Morgan fingerprint density at radius 2 is 1.95 bits per heavy atom. The van der Waals surface area contributed by atoms with Gasteiger partial charge in [-0.3, -0.25) is 0 Å². The van der Waals surface area contributed by atoms with Crippen LogP contribution in [0.2, 0.25) is 0 Å². The molecule has 0 radical (unpaired) electrons. The Balaban J connectivity index is 2.36. The van der Waals surface area contributed by atoms with Gasteiger partial charge in [0.2, 0.25) is 0 Å². The van der Waals surface area contributed by atoms with E-state index in [4.69, 9.17) is 4.74 Å². The molecule has 0 fully saturated rings. The molecule has 0 spiro atoms. The zero-order chi connectivity index (χ0) is 14.8. The lowest BCUT2D eigenvalue weighted by atomic mass is 10.1. The first-order chi connectivity index (χ1) is 9.65. The molecule has 0 unspecified atom stereocenters. The van der Waals surface area contributed by atoms with Gasteiger partial charge in [0.15, 0.2) is 0 Å². The maximum atomic E-state index is 5.58. The smallest absolute Gasteiger partial charge is 0.133 e. The van der Waals surface area contributed by atoms with Gasteiger partial charge in [0.25, 0.3) is 0 Å². The lowest BCUT2D eigenvalue weighted by Crippen LogP contribution is -2.13. The Hall–Kier alpha value is -1.36. The van der Waals surface area contributed by atoms with E-state index in [1.54, 1.807) is 0 Å². The number of hydrogen-bond donors (Lipinski definition) is 2. The molecule has 1 aromatic heterocycles. The van der Waals surface area contributed by atoms with Gasteiger partial charge in [0, 0.05) is 32.7 Å². The summed E-state index contributed by atoms with van der Waals surface area (Å²) in [6, 6.07) is 1.92. The summed E-state index contributed by atoms with van der Waals surface area (Å²) in [5.41, 5.74) is 0. The average Bonchev–Trinajstić information content (AvgIpc) is 2.42. The molecule has 0 aliphatic rings. The zero-order valence-electron chi connectivity index (χ0n) is 13.2. The second-order valence-electron chi connectivity index (χ2n) is 5.28. The molecule has 114 valence electrons. The van der Waals surface area contributed by atoms with Gasteiger partial charge in [0.1, 0.15) is 17.5 Å². The minimum absolute atomic E-state index is 0.694. The number of aryl methyl sites for hydroxylation is 1. The number of ether oxygens (including phenoxy) is 1. The van der Waals surface area contributed by atoms with E-state index in [0.717, 1.165) is 49.9 Å². The molecule has 2 N–H and O–H groups in total. The van der Waals surface area contributed by atoms with Crippen LogP contribution in [0.15, 0.2) is 6.07 Å². The zero-order valence-corrected chi connectivity index (χ0v) is 13.2. The molecular weight excluding hydrogens is 252 g/mol. The Bertz CT molecular complexity index is 382. The summed E-state index contributed by atoms with van der Waals surface area (Å²) in [4.78, 5) is 8.92. The van der Waals surface area contributed by atoms with Crippen molar-refractivity contribution >= 4 is 11.6 Å². The monoisotopic (exact) mass is 280 g/mol. The maximum absolute atomic E-state index is 5.58. The highest BCUT2D eigenvalue weighted by molar-refractivity contribution is 5.47. The number of aromatic nitrogens is 2. The van der Waals surface area contributed by atoms with Crippen LogP contribution in [-0.2, 0) is 11.2 Å². The van der Waals surface area contributed by atoms with Crippen molar-refractivity contribution < 1.29 is 4.74 Å². The van der Waals surface area contributed by atoms with Gasteiger partial charge in [0.05, 0.1) is 6.61 Å². The van der Waals surface area contributed by atoms with E-state index in [2.05, 4.69) is 41.4 Å². The summed E-state index contributed by atoms with van der Waals surface area (Å²) < 4.78 is 5.58. The highest BCUT2D eigenvalue weighted by Gasteiger charge is 2.03. The average molecular weight is 280 g/mol. The van der Waals surface area contributed by atoms with Gasteiger partial charge >= 0.3 is 0 Å². The molecule has 0 aromatic carbocycles. The third-order valence-electron chi connectivity index (χ3n) is 2.89. The fraction of sp³-hybridized carbons (Fsp3) is 0.733. The summed E-state index contributed by atoms with van der Waals surface area (Å²) in [5.74, 6) is 3.29. The SMILES string of the molecule is CCCc1nc(NC)cc(NCCOCCC(C)C)n1. The van der Waals surface area contributed by atoms with Gasteiger partial charge in [-0.25, -0.2) is 9.97 Å². The molecule has 1 aromatic rings. The molecule has 5 nitrogen and oxygen atoms in total. The largest absolute Gasteiger partial charge is 0.380 e. The molecule has 1 rings (SSSR count). The quantitative estimate of drug-likeness (QED) is 0.645. The third-order valence-corrected chi connectivity index (χ3v) is 2.89. The van der Waals surface area contributed by atoms with Crippen LogP contribution < -0.4 is 10.6 Å². The standard InChI is InChI=1S/C15H28N4O/c1-5-6-13-18-14(16-4)11-15(19-13)17-8-10-20-9-7-12(2)3/h11-12H,5-10H2,1-4H3,(H2,16,17,18,19). The van der Waals surface area contributed by atoms with Crippen LogP contribution in [0.25, 0.3) is 0 Å². The normalized spacial score (nSPS) is 10.8. The van der Waals surface area contributed by atoms with Crippen LogP contribution >= 0.6 is 0 Å². The van der Waals surface area contributed by atoms with E-state index < -0.39 is 0 Å². The number of nitrogens with zero attached hydrogens (tertiary/aromatic N) is 2. The highest BCUT2D eigenvalue weighted by atomic mass is 16.5. The van der Waals surface area contributed by atoms with Gasteiger partial charge in [-0.05, 0) is 18.8 Å². The first kappa shape index (κ1) is 16.7. The van der Waals surface area contributed by atoms with Crippen molar-refractivity contribution in [2.45, 2.75) is 40.0 Å². The van der Waals surface area contributed by atoms with E-state index in [0.29, 0.717) is 12.5 Å². The Morgan fingerprint density at radius 1 is 1.20 bits per heavy atom. The van der Waals surface area contributed by atoms with Gasteiger partial charge in [-0.15, -0.1) is 0 Å². The minimum atomic E-state index is 0.694. The van der Waals surface area contributed by atoms with Gasteiger partial charge < -0.3 is 15.4 Å². The lowest BCUT2D eigenvalue weighted by molar-refractivity contribution is 0.132. The van der Waals surface area contributed by atoms with Crippen LogP contribution in [0.3, 0.4) is 0 Å². The second-order valence-corrected chi connectivity index (χ2v) is 5.28. The summed E-state index contributed by atoms with van der Waals surface area (Å²) in [7, 11) is 1.87. The fourth-order valence-electron chi connectivity index (χ4n) is 1.72. The van der Waals surface area contributed by atoms with Crippen molar-refractivity contribution in [2.75, 3.05) is 37.4 Å². The van der Waals surface area contributed by atoms with Crippen molar-refractivity contribution in [2.24, 2.45) is 5.92 Å². The van der Waals surface area contributed by atoms with Crippen LogP contribution in [0.1, 0.15) is 39.4 Å². The molecule has 1 heterocycles. The van der Waals surface area contributed by atoms with Crippen molar-refractivity contribution in [3.8, 4) is 0 Å². The highest BCUT2D eigenvalue weighted by Crippen LogP contribution is 2.11. The van der Waals surface area contributed by atoms with Crippen LogP contribution in [0, 0.1) is 5.92 Å². The van der Waals surface area contributed by atoms with Crippen LogP contribution in [0.5, 0.6) is 0 Å². The second kappa shape index (κ2) is 9.53. The van der Waals surface area contributed by atoms with E-state index in [9.17, 15) is 0 Å². The van der Waals surface area contributed by atoms with Gasteiger partial charge in [-0.2, -0.15) is 0 Å². The number of nitrogens with one attached hydrogen (secondary N) is 2. The van der Waals surface area contributed by atoms with Crippen LogP contribution in [0.4, 0.5) is 11.6 Å². The molecule has 0 saturated carbocycles. The third kappa shape index (κ3) is 6.70. The first-order valence-corrected chi connectivity index (χ1v) is 7.53. The Kier molecular flexibility index (Phi) is 7.95. The molecule has 0 saturated heterocycles. The van der Waals surface area contributed by atoms with Gasteiger partial charge in [-0.1, -0.05) is 20.8 Å². The number of anilines is 2. The lowest BCUT2D eigenvalue weighted by Gasteiger charge is -2.10.